The minimum atomic E-state index is -2.51. The quantitative estimate of drug-likeness (QED) is 0.342. The van der Waals surface area contributed by atoms with Gasteiger partial charge in [0, 0.05) is 18.2 Å². The number of carbonyl (C=O) groups excluding carboxylic acids is 3. The summed E-state index contributed by atoms with van der Waals surface area (Å²) in [6.45, 7) is 3.32. The molecular formula is C23H27NO8. The van der Waals surface area contributed by atoms with Gasteiger partial charge in [-0.25, -0.2) is 0 Å². The number of carbonyl (C=O) groups is 3. The van der Waals surface area contributed by atoms with E-state index in [-0.39, 0.29) is 28.7 Å². The summed E-state index contributed by atoms with van der Waals surface area (Å²) in [7, 11) is 1.13. The van der Waals surface area contributed by atoms with Crippen LogP contribution in [0, 0.1) is 11.8 Å². The summed E-state index contributed by atoms with van der Waals surface area (Å²) in [5, 5.41) is 34.8. The molecule has 1 aromatic carbocycles. The predicted molar refractivity (Wildman–Crippen MR) is 110 cm³/mol. The van der Waals surface area contributed by atoms with Crippen molar-refractivity contribution >= 4 is 17.5 Å². The van der Waals surface area contributed by atoms with E-state index < -0.39 is 47.1 Å². The van der Waals surface area contributed by atoms with Gasteiger partial charge in [-0.1, -0.05) is 43.7 Å². The highest BCUT2D eigenvalue weighted by Gasteiger charge is 2.74. The fourth-order valence-corrected chi connectivity index (χ4v) is 4.83. The van der Waals surface area contributed by atoms with E-state index in [2.05, 4.69) is 5.32 Å². The molecule has 1 aromatic rings. The molecule has 9 nitrogen and oxygen atoms in total. The third-order valence-electron chi connectivity index (χ3n) is 6.95. The smallest absolute Gasteiger partial charge is 0.278 e. The second-order valence-electron chi connectivity index (χ2n) is 8.65. The maximum atomic E-state index is 13.2. The standard InChI is InChI=1S/C23H27NO8/c1-4-12-10-14(12)15(25)16(26)17-11(2)18(27)22(32-17)20(29)23(31-3,24-21(22)30)19(28)13-8-6-5-7-9-13/h5-9,12,14-16,20,25-26,29H,4,10H2,1-3H3,(H,24,30)/t12?,14?,15-,16-,20+,22+,23+/m0/s1. The summed E-state index contributed by atoms with van der Waals surface area (Å²) >= 11 is 0. The van der Waals surface area contributed by atoms with E-state index in [0.717, 1.165) is 20.0 Å². The molecule has 1 saturated carbocycles. The van der Waals surface area contributed by atoms with Gasteiger partial charge >= 0.3 is 0 Å². The van der Waals surface area contributed by atoms with Crippen molar-refractivity contribution in [1.29, 1.82) is 0 Å². The van der Waals surface area contributed by atoms with Crippen LogP contribution in [0.1, 0.15) is 37.0 Å². The third kappa shape index (κ3) is 2.96. The molecule has 9 heteroatoms. The van der Waals surface area contributed by atoms with Crippen molar-refractivity contribution in [3.05, 3.63) is 47.2 Å². The van der Waals surface area contributed by atoms with Crippen LogP contribution in [-0.2, 0) is 19.1 Å². The van der Waals surface area contributed by atoms with Crippen LogP contribution in [0.3, 0.4) is 0 Å². The highest BCUT2D eigenvalue weighted by molar-refractivity contribution is 6.23. The molecule has 32 heavy (non-hydrogen) atoms. The molecule has 0 aromatic heterocycles. The molecule has 0 bridgehead atoms. The van der Waals surface area contributed by atoms with E-state index in [0.29, 0.717) is 0 Å². The average Bonchev–Trinajstić information content (AvgIpc) is 3.51. The Labute approximate surface area is 185 Å². The minimum Gasteiger partial charge on any atom is -0.467 e. The molecule has 0 radical (unpaired) electrons. The van der Waals surface area contributed by atoms with Crippen LogP contribution in [0.25, 0.3) is 0 Å². The lowest BCUT2D eigenvalue weighted by atomic mass is 9.85. The molecule has 1 spiro atoms. The molecule has 1 amide bonds. The van der Waals surface area contributed by atoms with Gasteiger partial charge in [0.25, 0.3) is 11.5 Å². The molecule has 3 aliphatic rings. The fraction of sp³-hybridized carbons (Fsp3) is 0.522. The Morgan fingerprint density at radius 3 is 2.50 bits per heavy atom. The Morgan fingerprint density at radius 2 is 1.94 bits per heavy atom. The molecule has 1 saturated heterocycles. The van der Waals surface area contributed by atoms with Gasteiger partial charge in [-0.05, 0) is 25.2 Å². The van der Waals surface area contributed by atoms with Crippen LogP contribution in [0.2, 0.25) is 0 Å². The number of methoxy groups -OCH3 is 1. The zero-order valence-electron chi connectivity index (χ0n) is 18.1. The molecular weight excluding hydrogens is 418 g/mol. The van der Waals surface area contributed by atoms with E-state index in [9.17, 15) is 29.7 Å². The molecule has 172 valence electrons. The Balaban J connectivity index is 1.66. The number of aliphatic hydroxyl groups is 3. The van der Waals surface area contributed by atoms with Gasteiger partial charge in [0.15, 0.2) is 6.10 Å². The van der Waals surface area contributed by atoms with Gasteiger partial charge < -0.3 is 30.1 Å². The van der Waals surface area contributed by atoms with Crippen LogP contribution in [0.15, 0.2) is 41.7 Å². The van der Waals surface area contributed by atoms with Gasteiger partial charge in [-0.3, -0.25) is 14.4 Å². The van der Waals surface area contributed by atoms with Crippen LogP contribution in [0.5, 0.6) is 0 Å². The van der Waals surface area contributed by atoms with Crippen molar-refractivity contribution in [1.82, 2.24) is 5.32 Å². The fourth-order valence-electron chi connectivity index (χ4n) is 4.83. The first-order chi connectivity index (χ1) is 15.2. The van der Waals surface area contributed by atoms with E-state index >= 15 is 0 Å². The maximum absolute atomic E-state index is 13.2. The maximum Gasteiger partial charge on any atom is 0.278 e. The van der Waals surface area contributed by atoms with Gasteiger partial charge in [0.1, 0.15) is 11.9 Å². The molecule has 4 N–H and O–H groups in total. The second-order valence-corrected chi connectivity index (χ2v) is 8.65. The zero-order valence-corrected chi connectivity index (χ0v) is 18.1. The summed E-state index contributed by atoms with van der Waals surface area (Å²) < 4.78 is 11.0. The second kappa shape index (κ2) is 7.77. The summed E-state index contributed by atoms with van der Waals surface area (Å²) in [5.41, 5.74) is -4.72. The Hall–Kier alpha value is -2.59. The first-order valence-corrected chi connectivity index (χ1v) is 10.6. The molecule has 1 aliphatic carbocycles. The average molecular weight is 445 g/mol. The van der Waals surface area contributed by atoms with Crippen LogP contribution in [0.4, 0.5) is 0 Å². The van der Waals surface area contributed by atoms with Gasteiger partial charge in [-0.15, -0.1) is 0 Å². The first-order valence-electron chi connectivity index (χ1n) is 10.6. The highest BCUT2D eigenvalue weighted by atomic mass is 16.6. The van der Waals surface area contributed by atoms with Gasteiger partial charge in [0.2, 0.25) is 17.3 Å². The lowest BCUT2D eigenvalue weighted by Gasteiger charge is -2.32. The first kappa shape index (κ1) is 22.6. The predicted octanol–water partition coefficient (Wildman–Crippen LogP) is 0.0827. The molecule has 7 atom stereocenters. The largest absolute Gasteiger partial charge is 0.467 e. The number of ketones is 2. The van der Waals surface area contributed by atoms with Gasteiger partial charge in [-0.2, -0.15) is 0 Å². The van der Waals surface area contributed by atoms with Crippen LogP contribution >= 0.6 is 0 Å². The number of Topliss-reactive ketones (excluding diaryl/α,β-unsaturated/α-hetero) is 2. The van der Waals surface area contributed by atoms with Crippen molar-refractivity contribution in [3.8, 4) is 0 Å². The summed E-state index contributed by atoms with van der Waals surface area (Å²) in [5.74, 6) is -2.88. The topological polar surface area (TPSA) is 142 Å². The molecule has 4 rings (SSSR count). The Bertz CT molecular complexity index is 991. The minimum absolute atomic E-state index is 0.0986. The molecule has 2 unspecified atom stereocenters. The highest BCUT2D eigenvalue weighted by Crippen LogP contribution is 2.48. The number of hydrogen-bond acceptors (Lipinski definition) is 8. The van der Waals surface area contributed by atoms with E-state index in [4.69, 9.17) is 9.47 Å². The number of amides is 1. The Kier molecular flexibility index (Phi) is 5.49. The van der Waals surface area contributed by atoms with Gasteiger partial charge in [0.05, 0.1) is 6.10 Å². The van der Waals surface area contributed by atoms with Crippen molar-refractivity contribution in [2.45, 2.75) is 56.3 Å². The molecule has 2 heterocycles. The number of hydrogen-bond donors (Lipinski definition) is 4. The number of ether oxygens (including phenoxy) is 2. The lowest BCUT2D eigenvalue weighted by molar-refractivity contribution is -0.163. The lowest BCUT2D eigenvalue weighted by Crippen LogP contribution is -2.60. The normalized spacial score (nSPS) is 35.6. The number of rotatable bonds is 7. The number of nitrogens with one attached hydrogen (secondary N) is 1. The van der Waals surface area contributed by atoms with E-state index in [1.54, 1.807) is 18.2 Å². The number of benzene rings is 1. The summed E-state index contributed by atoms with van der Waals surface area (Å²) in [6.07, 6.45) is -3.21. The van der Waals surface area contributed by atoms with Crippen molar-refractivity contribution in [2.24, 2.45) is 11.8 Å². The van der Waals surface area contributed by atoms with Crippen molar-refractivity contribution in [2.75, 3.05) is 7.11 Å². The zero-order chi connectivity index (χ0) is 23.4. The van der Waals surface area contributed by atoms with Crippen molar-refractivity contribution in [3.63, 3.8) is 0 Å². The molecule has 2 fully saturated rings. The summed E-state index contributed by atoms with van der Waals surface area (Å²) in [4.78, 5) is 39.4. The third-order valence-corrected chi connectivity index (χ3v) is 6.95. The monoisotopic (exact) mass is 445 g/mol. The van der Waals surface area contributed by atoms with Crippen molar-refractivity contribution < 1.29 is 39.2 Å². The Morgan fingerprint density at radius 1 is 1.28 bits per heavy atom. The van der Waals surface area contributed by atoms with Crippen LogP contribution in [-0.4, -0.2) is 69.5 Å². The van der Waals surface area contributed by atoms with Crippen LogP contribution < -0.4 is 5.32 Å². The molecule has 2 aliphatic heterocycles. The summed E-state index contributed by atoms with van der Waals surface area (Å²) in [6, 6.07) is 7.88. The number of aliphatic hydroxyl groups excluding tert-OH is 3. The van der Waals surface area contributed by atoms with E-state index in [1.165, 1.54) is 19.1 Å². The van der Waals surface area contributed by atoms with E-state index in [1.807, 2.05) is 6.92 Å². The SMILES string of the molecule is CCC1CC1[C@H](O)[C@H](O)C1=C(C)C(=O)[C@]2(O1)C(=O)N[C@@](OC)(C(=O)c1ccccc1)[C@@H]2O.